The molecule has 0 radical (unpaired) electrons. The van der Waals surface area contributed by atoms with E-state index in [9.17, 15) is 21.6 Å². The van der Waals surface area contributed by atoms with Crippen LogP contribution >= 0.6 is 0 Å². The second-order valence-electron chi connectivity index (χ2n) is 7.32. The van der Waals surface area contributed by atoms with Gasteiger partial charge in [-0.05, 0) is 61.4 Å². The number of carbonyl (C=O) groups is 1. The maximum atomic E-state index is 12.8. The van der Waals surface area contributed by atoms with E-state index in [-0.39, 0.29) is 28.5 Å². The molecule has 0 heterocycles. The molecule has 0 saturated heterocycles. The van der Waals surface area contributed by atoms with Crippen LogP contribution in [0.1, 0.15) is 12.5 Å². The summed E-state index contributed by atoms with van der Waals surface area (Å²) >= 11 is 0. The van der Waals surface area contributed by atoms with Crippen molar-refractivity contribution < 1.29 is 26.4 Å². The number of sulfonamides is 2. The quantitative estimate of drug-likeness (QED) is 0.285. The Hall–Kier alpha value is -3.41. The van der Waals surface area contributed by atoms with E-state index in [1.54, 1.807) is 49.4 Å². The average Bonchev–Trinajstić information content (AvgIpc) is 2.79. The molecular weight excluding hydrogens is 478 g/mol. The van der Waals surface area contributed by atoms with Crippen molar-refractivity contribution in [1.82, 2.24) is 4.72 Å². The molecule has 1 atom stereocenters. The average molecular weight is 504 g/mol. The van der Waals surface area contributed by atoms with Crippen LogP contribution in [0.3, 0.4) is 0 Å². The van der Waals surface area contributed by atoms with Crippen molar-refractivity contribution in [1.29, 1.82) is 0 Å². The molecule has 34 heavy (non-hydrogen) atoms. The number of anilines is 2. The number of ether oxygens (including phenoxy) is 1. The van der Waals surface area contributed by atoms with E-state index in [1.807, 2.05) is 0 Å². The van der Waals surface area contributed by atoms with Gasteiger partial charge in [0.05, 0.1) is 16.4 Å². The summed E-state index contributed by atoms with van der Waals surface area (Å²) in [5, 5.41) is 0. The standard InChI is InChI=1S/C23H25N3O6S2/c1-2-32-23(27)22(26-33(28,29)20-11-4-3-5-12-20)15-17-8-6-10-19(14-17)25-34(30,31)21-13-7-9-18(24)16-21/h3-14,16,22,25-26H,2,15,24H2,1H3. The Morgan fingerprint density at radius 2 is 1.56 bits per heavy atom. The number of hydrogen-bond acceptors (Lipinski definition) is 7. The van der Waals surface area contributed by atoms with Crippen LogP contribution in [0.15, 0.2) is 88.7 Å². The summed E-state index contributed by atoms with van der Waals surface area (Å²) < 4.78 is 60.8. The number of nitrogens with two attached hydrogens (primary N) is 1. The van der Waals surface area contributed by atoms with E-state index in [4.69, 9.17) is 10.5 Å². The van der Waals surface area contributed by atoms with Gasteiger partial charge in [-0.25, -0.2) is 16.8 Å². The molecule has 0 bridgehead atoms. The van der Waals surface area contributed by atoms with Crippen LogP contribution < -0.4 is 15.2 Å². The summed E-state index contributed by atoms with van der Waals surface area (Å²) in [6, 6.07) is 18.6. The van der Waals surface area contributed by atoms with E-state index < -0.39 is 32.1 Å². The Balaban J connectivity index is 1.83. The smallest absolute Gasteiger partial charge is 0.324 e. The predicted octanol–water partition coefficient (Wildman–Crippen LogP) is 2.52. The van der Waals surface area contributed by atoms with Gasteiger partial charge in [-0.1, -0.05) is 36.4 Å². The predicted molar refractivity (Wildman–Crippen MR) is 129 cm³/mol. The largest absolute Gasteiger partial charge is 0.465 e. The van der Waals surface area contributed by atoms with Gasteiger partial charge in [-0.3, -0.25) is 9.52 Å². The highest BCUT2D eigenvalue weighted by Crippen LogP contribution is 2.20. The van der Waals surface area contributed by atoms with Gasteiger partial charge in [0.1, 0.15) is 6.04 Å². The third-order valence-corrected chi connectivity index (χ3v) is 7.58. The summed E-state index contributed by atoms with van der Waals surface area (Å²) in [4.78, 5) is 12.5. The fourth-order valence-corrected chi connectivity index (χ4v) is 5.47. The van der Waals surface area contributed by atoms with Crippen LogP contribution in [0.25, 0.3) is 0 Å². The molecule has 1 unspecified atom stereocenters. The molecule has 3 aromatic carbocycles. The molecule has 0 aromatic heterocycles. The number of nitrogen functional groups attached to an aromatic ring is 1. The Morgan fingerprint density at radius 3 is 2.24 bits per heavy atom. The molecule has 0 fully saturated rings. The van der Waals surface area contributed by atoms with E-state index >= 15 is 0 Å². The summed E-state index contributed by atoms with van der Waals surface area (Å²) in [7, 11) is -7.90. The fraction of sp³-hybridized carbons (Fsp3) is 0.174. The first-order valence-corrected chi connectivity index (χ1v) is 13.3. The Labute approximate surface area is 199 Å². The first-order chi connectivity index (χ1) is 16.1. The van der Waals surface area contributed by atoms with Gasteiger partial charge in [-0.15, -0.1) is 0 Å². The maximum Gasteiger partial charge on any atom is 0.324 e. The normalized spacial score (nSPS) is 12.6. The second-order valence-corrected chi connectivity index (χ2v) is 10.7. The summed E-state index contributed by atoms with van der Waals surface area (Å²) in [5.41, 5.74) is 6.75. The lowest BCUT2D eigenvalue weighted by Crippen LogP contribution is -2.43. The van der Waals surface area contributed by atoms with Crippen LogP contribution in [0, 0.1) is 0 Å². The molecule has 180 valence electrons. The minimum absolute atomic E-state index is 0.00192. The van der Waals surface area contributed by atoms with Crippen molar-refractivity contribution in [3.63, 3.8) is 0 Å². The Bertz CT molecular complexity index is 1360. The minimum atomic E-state index is -4.00. The van der Waals surface area contributed by atoms with E-state index in [2.05, 4.69) is 9.44 Å². The molecule has 11 heteroatoms. The topological polar surface area (TPSA) is 145 Å². The summed E-state index contributed by atoms with van der Waals surface area (Å²) in [5.74, 6) is -0.743. The first kappa shape index (κ1) is 25.2. The zero-order valence-corrected chi connectivity index (χ0v) is 20.0. The highest BCUT2D eigenvalue weighted by atomic mass is 32.2. The van der Waals surface area contributed by atoms with Crippen molar-refractivity contribution in [2.45, 2.75) is 29.2 Å². The molecule has 0 aliphatic heterocycles. The zero-order chi connectivity index (χ0) is 24.8. The van der Waals surface area contributed by atoms with Gasteiger partial charge in [0.25, 0.3) is 10.0 Å². The van der Waals surface area contributed by atoms with Crippen molar-refractivity contribution in [2.75, 3.05) is 17.1 Å². The minimum Gasteiger partial charge on any atom is -0.465 e. The number of hydrogen-bond donors (Lipinski definition) is 3. The molecular formula is C23H25N3O6S2. The summed E-state index contributed by atoms with van der Waals surface area (Å²) in [6.07, 6.45) is -0.0568. The number of nitrogens with one attached hydrogen (secondary N) is 2. The molecule has 0 saturated carbocycles. The van der Waals surface area contributed by atoms with Crippen molar-refractivity contribution >= 4 is 37.4 Å². The second kappa shape index (κ2) is 10.7. The molecule has 0 spiro atoms. The summed E-state index contributed by atoms with van der Waals surface area (Å²) in [6.45, 7) is 1.69. The van der Waals surface area contributed by atoms with Crippen molar-refractivity contribution in [3.8, 4) is 0 Å². The highest BCUT2D eigenvalue weighted by Gasteiger charge is 2.27. The van der Waals surface area contributed by atoms with Crippen LogP contribution in [-0.2, 0) is 36.0 Å². The van der Waals surface area contributed by atoms with Gasteiger partial charge in [0.15, 0.2) is 0 Å². The Kier molecular flexibility index (Phi) is 7.92. The Morgan fingerprint density at radius 1 is 0.882 bits per heavy atom. The molecule has 0 aliphatic carbocycles. The van der Waals surface area contributed by atoms with Gasteiger partial charge in [0.2, 0.25) is 10.0 Å². The maximum absolute atomic E-state index is 12.8. The zero-order valence-electron chi connectivity index (χ0n) is 18.3. The number of rotatable bonds is 10. The van der Waals surface area contributed by atoms with Crippen molar-refractivity contribution in [2.24, 2.45) is 0 Å². The number of carbonyl (C=O) groups excluding carboxylic acids is 1. The molecule has 0 amide bonds. The van der Waals surface area contributed by atoms with Gasteiger partial charge < -0.3 is 10.5 Å². The molecule has 3 rings (SSSR count). The van der Waals surface area contributed by atoms with Crippen LogP contribution in [0.5, 0.6) is 0 Å². The van der Waals surface area contributed by atoms with Gasteiger partial charge in [-0.2, -0.15) is 4.72 Å². The molecule has 4 N–H and O–H groups in total. The SMILES string of the molecule is CCOC(=O)C(Cc1cccc(NS(=O)(=O)c2cccc(N)c2)c1)NS(=O)(=O)c1ccccc1. The first-order valence-electron chi connectivity index (χ1n) is 10.3. The van der Waals surface area contributed by atoms with Crippen molar-refractivity contribution in [3.05, 3.63) is 84.4 Å². The van der Waals surface area contributed by atoms with E-state index in [1.165, 1.54) is 36.4 Å². The number of benzene rings is 3. The lowest BCUT2D eigenvalue weighted by atomic mass is 10.1. The lowest BCUT2D eigenvalue weighted by Gasteiger charge is -2.18. The van der Waals surface area contributed by atoms with Gasteiger partial charge in [0, 0.05) is 11.4 Å². The third-order valence-electron chi connectivity index (χ3n) is 4.71. The van der Waals surface area contributed by atoms with E-state index in [0.29, 0.717) is 11.3 Å². The molecule has 0 aliphatic rings. The molecule has 9 nitrogen and oxygen atoms in total. The van der Waals surface area contributed by atoms with Crippen LogP contribution in [0.2, 0.25) is 0 Å². The van der Waals surface area contributed by atoms with Crippen LogP contribution in [-0.4, -0.2) is 35.5 Å². The molecule has 3 aromatic rings. The van der Waals surface area contributed by atoms with Gasteiger partial charge >= 0.3 is 5.97 Å². The third kappa shape index (κ3) is 6.56. The monoisotopic (exact) mass is 503 g/mol. The number of esters is 1. The fourth-order valence-electron chi connectivity index (χ4n) is 3.16. The van der Waals surface area contributed by atoms with Crippen LogP contribution in [0.4, 0.5) is 11.4 Å². The highest BCUT2D eigenvalue weighted by molar-refractivity contribution is 7.92. The van der Waals surface area contributed by atoms with E-state index in [0.717, 1.165) is 0 Å². The lowest BCUT2D eigenvalue weighted by molar-refractivity contribution is -0.145.